The van der Waals surface area contributed by atoms with Crippen LogP contribution >= 0.6 is 0 Å². The molecule has 0 spiro atoms. The van der Waals surface area contributed by atoms with Crippen LogP contribution in [-0.4, -0.2) is 17.1 Å². The first-order valence-corrected chi connectivity index (χ1v) is 5.40. The van der Waals surface area contributed by atoms with Gasteiger partial charge in [-0.15, -0.1) is 0 Å². The maximum atomic E-state index is 11.6. The molecule has 0 aliphatic heterocycles. The van der Waals surface area contributed by atoms with Gasteiger partial charge in [-0.2, -0.15) is 0 Å². The van der Waals surface area contributed by atoms with Crippen molar-refractivity contribution in [1.29, 1.82) is 0 Å². The van der Waals surface area contributed by atoms with Crippen LogP contribution in [-0.2, 0) is 11.8 Å². The Morgan fingerprint density at radius 2 is 2.00 bits per heavy atom. The number of fused-ring (bicyclic) bond motifs is 1. The van der Waals surface area contributed by atoms with Crippen molar-refractivity contribution in [3.63, 3.8) is 0 Å². The summed E-state index contributed by atoms with van der Waals surface area (Å²) < 4.78 is 6.43. The van der Waals surface area contributed by atoms with E-state index in [2.05, 4.69) is 0 Å². The lowest BCUT2D eigenvalue weighted by molar-refractivity contribution is 0.0526. The number of carbonyl (C=O) groups excluding carboxylic acids is 1. The summed E-state index contributed by atoms with van der Waals surface area (Å²) in [5.74, 6) is -0.370. The summed E-state index contributed by atoms with van der Waals surface area (Å²) in [5.41, 5.74) is 1.09. The molecule has 0 aliphatic rings. The maximum Gasteiger partial charge on any atom is 0.338 e. The highest BCUT2D eigenvalue weighted by molar-refractivity contribution is 5.94. The summed E-state index contributed by atoms with van der Waals surface area (Å²) >= 11 is 0. The number of benzene rings is 1. The van der Waals surface area contributed by atoms with Crippen molar-refractivity contribution in [1.82, 2.24) is 4.57 Å². The van der Waals surface area contributed by atoms with Crippen LogP contribution in [0.15, 0.2) is 35.1 Å². The third-order valence-corrected chi connectivity index (χ3v) is 2.64. The van der Waals surface area contributed by atoms with Gasteiger partial charge >= 0.3 is 5.97 Å². The summed E-state index contributed by atoms with van der Waals surface area (Å²) in [6.45, 7) is 2.10. The molecule has 0 radical (unpaired) electrons. The fourth-order valence-electron chi connectivity index (χ4n) is 1.71. The Bertz CT molecular complexity index is 628. The van der Waals surface area contributed by atoms with Crippen molar-refractivity contribution in [2.45, 2.75) is 6.92 Å². The molecule has 2 aromatic rings. The lowest BCUT2D eigenvalue weighted by Crippen LogP contribution is -2.15. The molecule has 0 atom stereocenters. The first kappa shape index (κ1) is 11.4. The minimum absolute atomic E-state index is 0.0986. The lowest BCUT2D eigenvalue weighted by Gasteiger charge is -2.06. The predicted octanol–water partition coefficient (Wildman–Crippen LogP) is 1.72. The Hall–Kier alpha value is -2.10. The molecule has 0 saturated carbocycles. The van der Waals surface area contributed by atoms with Gasteiger partial charge in [0.05, 0.1) is 17.7 Å². The number of aryl methyl sites for hydroxylation is 1. The van der Waals surface area contributed by atoms with Gasteiger partial charge in [0.1, 0.15) is 0 Å². The van der Waals surface area contributed by atoms with E-state index in [1.165, 1.54) is 10.6 Å². The monoisotopic (exact) mass is 231 g/mol. The van der Waals surface area contributed by atoms with Crippen LogP contribution in [0.25, 0.3) is 10.9 Å². The normalized spacial score (nSPS) is 10.5. The highest BCUT2D eigenvalue weighted by Crippen LogP contribution is 2.14. The molecule has 1 aromatic carbocycles. The number of esters is 1. The van der Waals surface area contributed by atoms with E-state index < -0.39 is 0 Å². The SMILES string of the molecule is CCOC(=O)c1ccc2ccc(=O)n(C)c2c1. The Balaban J connectivity index is 2.60. The molecular weight excluding hydrogens is 218 g/mol. The third kappa shape index (κ3) is 2.06. The number of hydrogen-bond acceptors (Lipinski definition) is 3. The zero-order chi connectivity index (χ0) is 12.4. The van der Waals surface area contributed by atoms with Crippen molar-refractivity contribution in [2.75, 3.05) is 6.61 Å². The van der Waals surface area contributed by atoms with Crippen molar-refractivity contribution < 1.29 is 9.53 Å². The van der Waals surface area contributed by atoms with Gasteiger partial charge in [-0.3, -0.25) is 4.79 Å². The Morgan fingerprint density at radius 3 is 2.71 bits per heavy atom. The van der Waals surface area contributed by atoms with Gasteiger partial charge in [-0.05, 0) is 30.5 Å². The standard InChI is InChI=1S/C13H13NO3/c1-3-17-13(16)10-5-4-9-6-7-12(15)14(2)11(9)8-10/h4-8H,3H2,1-2H3. The number of hydrogen-bond donors (Lipinski definition) is 0. The minimum atomic E-state index is -0.370. The van der Waals surface area contributed by atoms with E-state index in [9.17, 15) is 9.59 Å². The van der Waals surface area contributed by atoms with Crippen LogP contribution in [0.2, 0.25) is 0 Å². The van der Waals surface area contributed by atoms with Gasteiger partial charge in [0, 0.05) is 13.1 Å². The second-order valence-corrected chi connectivity index (χ2v) is 3.72. The number of pyridine rings is 1. The number of aromatic nitrogens is 1. The van der Waals surface area contributed by atoms with Crippen molar-refractivity contribution in [2.24, 2.45) is 7.05 Å². The molecule has 17 heavy (non-hydrogen) atoms. The smallest absolute Gasteiger partial charge is 0.338 e. The Kier molecular flexibility index (Phi) is 2.95. The predicted molar refractivity (Wildman–Crippen MR) is 65.1 cm³/mol. The van der Waals surface area contributed by atoms with Crippen molar-refractivity contribution in [3.05, 3.63) is 46.2 Å². The number of carbonyl (C=O) groups is 1. The first-order valence-electron chi connectivity index (χ1n) is 5.40. The van der Waals surface area contributed by atoms with E-state index in [4.69, 9.17) is 4.74 Å². The number of rotatable bonds is 2. The van der Waals surface area contributed by atoms with Gasteiger partial charge in [0.15, 0.2) is 0 Å². The van der Waals surface area contributed by atoms with Gasteiger partial charge in [0.25, 0.3) is 5.56 Å². The summed E-state index contributed by atoms with van der Waals surface area (Å²) in [6, 6.07) is 8.43. The van der Waals surface area contributed by atoms with Crippen molar-refractivity contribution >= 4 is 16.9 Å². The lowest BCUT2D eigenvalue weighted by atomic mass is 10.1. The minimum Gasteiger partial charge on any atom is -0.462 e. The molecule has 0 N–H and O–H groups in total. The zero-order valence-corrected chi connectivity index (χ0v) is 9.77. The molecule has 0 bridgehead atoms. The van der Waals surface area contributed by atoms with Gasteiger partial charge < -0.3 is 9.30 Å². The largest absolute Gasteiger partial charge is 0.462 e. The summed E-state index contributed by atoms with van der Waals surface area (Å²) in [6.07, 6.45) is 0. The zero-order valence-electron chi connectivity index (χ0n) is 9.77. The molecule has 0 amide bonds. The molecule has 2 rings (SSSR count). The Labute approximate surface area is 98.4 Å². The van der Waals surface area contributed by atoms with Crippen LogP contribution in [0.1, 0.15) is 17.3 Å². The van der Waals surface area contributed by atoms with Crippen molar-refractivity contribution in [3.8, 4) is 0 Å². The van der Waals surface area contributed by atoms with Crippen LogP contribution in [0.5, 0.6) is 0 Å². The fourth-order valence-corrected chi connectivity index (χ4v) is 1.71. The van der Waals surface area contributed by atoms with Gasteiger partial charge in [0.2, 0.25) is 0 Å². The van der Waals surface area contributed by atoms with Crippen LogP contribution in [0.3, 0.4) is 0 Å². The van der Waals surface area contributed by atoms with E-state index >= 15 is 0 Å². The maximum absolute atomic E-state index is 11.6. The third-order valence-electron chi connectivity index (χ3n) is 2.64. The molecule has 1 aromatic heterocycles. The van der Waals surface area contributed by atoms with E-state index in [0.29, 0.717) is 12.2 Å². The number of ether oxygens (including phenoxy) is 1. The molecule has 0 fully saturated rings. The topological polar surface area (TPSA) is 48.3 Å². The molecule has 0 aliphatic carbocycles. The van der Waals surface area contributed by atoms with E-state index in [-0.39, 0.29) is 11.5 Å². The molecule has 4 nitrogen and oxygen atoms in total. The van der Waals surface area contributed by atoms with E-state index in [0.717, 1.165) is 10.9 Å². The van der Waals surface area contributed by atoms with Gasteiger partial charge in [-0.1, -0.05) is 6.07 Å². The molecular formula is C13H13NO3. The highest BCUT2D eigenvalue weighted by Gasteiger charge is 2.08. The highest BCUT2D eigenvalue weighted by atomic mass is 16.5. The average Bonchev–Trinajstić information content (AvgIpc) is 2.34. The fraction of sp³-hybridized carbons (Fsp3) is 0.231. The Morgan fingerprint density at radius 1 is 1.29 bits per heavy atom. The van der Waals surface area contributed by atoms with E-state index in [1.54, 1.807) is 38.2 Å². The number of nitrogens with zero attached hydrogens (tertiary/aromatic N) is 1. The van der Waals surface area contributed by atoms with Crippen LogP contribution in [0.4, 0.5) is 0 Å². The van der Waals surface area contributed by atoms with E-state index in [1.807, 2.05) is 0 Å². The second-order valence-electron chi connectivity index (χ2n) is 3.72. The summed E-state index contributed by atoms with van der Waals surface area (Å²) in [5, 5.41) is 0.917. The van der Waals surface area contributed by atoms with Crippen LogP contribution in [0, 0.1) is 0 Å². The second kappa shape index (κ2) is 4.41. The molecule has 1 heterocycles. The molecule has 4 heteroatoms. The van der Waals surface area contributed by atoms with Gasteiger partial charge in [-0.25, -0.2) is 4.79 Å². The molecule has 0 unspecified atom stereocenters. The summed E-state index contributed by atoms with van der Waals surface area (Å²) in [4.78, 5) is 23.1. The molecule has 88 valence electrons. The molecule has 0 saturated heterocycles. The quantitative estimate of drug-likeness (QED) is 0.739. The summed E-state index contributed by atoms with van der Waals surface area (Å²) in [7, 11) is 1.68. The van der Waals surface area contributed by atoms with Crippen LogP contribution < -0.4 is 5.56 Å². The first-order chi connectivity index (χ1) is 8.13. The average molecular weight is 231 g/mol.